The van der Waals surface area contributed by atoms with Gasteiger partial charge in [-0.25, -0.2) is 0 Å². The molecule has 9 aromatic rings. The standard InChI is InChI=1S/C32H42O6Si.C30H38O5Si.C30H36O5Si/c1-32(2,3)39(24-14-10-8-11-15-24,25-16-12-9-13-17-25)38-23-18-19-26-27(28(20-23)37-22-33-4)21-29(34-5)31(36-7)30(26)35-6;2*1-30(2,3)36(22-13-9-7-10-14-22,23-15-11-8-12-16-23)35-21-17-18-24-25(26(31)19-21)20-27(32-4)29(34-6)28(24)33-5/h8-17,21,23,28H,18-20,22H2,1-7H3;7-16,20-21,26,31H,17-19H2,1-6H3;7-16,20-21H,17-19H2,1-6H3/t23-,28?;21-,26?;21-/m111/s1. The molecule has 9 aromatic carbocycles. The molecule has 2 unspecified atom stereocenters. The number of aliphatic hydroxyl groups excluding tert-OH is 1. The monoisotopic (exact) mass is 1560 g/mol. The van der Waals surface area contributed by atoms with Crippen molar-refractivity contribution in [3.63, 3.8) is 0 Å². The highest BCUT2D eigenvalue weighted by Gasteiger charge is 2.55. The molecule has 0 bridgehead atoms. The van der Waals surface area contributed by atoms with E-state index in [2.05, 4.69) is 232 Å². The molecule has 0 heterocycles. The molecule has 3 aliphatic carbocycles. The van der Waals surface area contributed by atoms with Crippen LogP contribution < -0.4 is 73.8 Å². The van der Waals surface area contributed by atoms with Crippen molar-refractivity contribution in [3.8, 4) is 51.7 Å². The largest absolute Gasteiger partial charge is 0.493 e. The Bertz CT molecular complexity index is 4360. The summed E-state index contributed by atoms with van der Waals surface area (Å²) in [4.78, 5) is 13.6. The van der Waals surface area contributed by atoms with E-state index in [9.17, 15) is 9.90 Å². The molecule has 1 N–H and O–H groups in total. The van der Waals surface area contributed by atoms with Gasteiger partial charge in [0.15, 0.2) is 40.3 Å². The molecule has 0 aromatic heterocycles. The number of Topliss-reactive ketones (excluding diaryl/α,β-unsaturated/α-hetero) is 1. The lowest BCUT2D eigenvalue weighted by atomic mass is 9.98. The van der Waals surface area contributed by atoms with Crippen LogP contribution in [0, 0.1) is 0 Å². The van der Waals surface area contributed by atoms with Crippen molar-refractivity contribution in [1.29, 1.82) is 0 Å². The third-order valence-corrected chi connectivity index (χ3v) is 37.3. The molecule has 5 atom stereocenters. The summed E-state index contributed by atoms with van der Waals surface area (Å²) in [5.41, 5.74) is 5.33. The first kappa shape index (κ1) is 84.7. The van der Waals surface area contributed by atoms with Gasteiger partial charge in [-0.3, -0.25) is 4.79 Å². The number of ketones is 1. The van der Waals surface area contributed by atoms with Crippen molar-refractivity contribution in [2.75, 3.05) is 77.9 Å². The maximum atomic E-state index is 13.6. The molecule has 3 aliphatic rings. The third kappa shape index (κ3) is 17.6. The first-order valence-corrected chi connectivity index (χ1v) is 44.2. The van der Waals surface area contributed by atoms with Crippen molar-refractivity contribution < 1.29 is 75.3 Å². The van der Waals surface area contributed by atoms with Gasteiger partial charge < -0.3 is 70.5 Å². The number of aliphatic hydroxyl groups is 1. The summed E-state index contributed by atoms with van der Waals surface area (Å²) < 4.78 is 84.9. The van der Waals surface area contributed by atoms with Gasteiger partial charge in [-0.05, 0) is 114 Å². The van der Waals surface area contributed by atoms with Crippen LogP contribution in [-0.4, -0.2) is 132 Å². The average molecular weight is 1560 g/mol. The van der Waals surface area contributed by atoms with Crippen LogP contribution in [0.2, 0.25) is 15.1 Å². The minimum Gasteiger partial charge on any atom is -0.493 e. The van der Waals surface area contributed by atoms with Crippen LogP contribution in [0.3, 0.4) is 0 Å². The quantitative estimate of drug-likeness (QED) is 0.0344. The molecule has 16 nitrogen and oxygen atoms in total. The van der Waals surface area contributed by atoms with Gasteiger partial charge in [-0.1, -0.05) is 244 Å². The molecule has 19 heteroatoms. The fourth-order valence-corrected chi connectivity index (χ4v) is 31.2. The van der Waals surface area contributed by atoms with E-state index in [0.717, 1.165) is 47.1 Å². The minimum atomic E-state index is -2.78. The van der Waals surface area contributed by atoms with Gasteiger partial charge in [-0.2, -0.15) is 0 Å². The lowest BCUT2D eigenvalue weighted by Crippen LogP contribution is -2.67. The number of carbonyl (C=O) groups excluding carboxylic acids is 1. The van der Waals surface area contributed by atoms with E-state index >= 15 is 0 Å². The predicted molar refractivity (Wildman–Crippen MR) is 450 cm³/mol. The van der Waals surface area contributed by atoms with Crippen molar-refractivity contribution in [3.05, 3.63) is 234 Å². The molecule has 0 saturated heterocycles. The lowest BCUT2D eigenvalue weighted by Gasteiger charge is -2.45. The van der Waals surface area contributed by atoms with Gasteiger partial charge >= 0.3 is 0 Å². The zero-order valence-electron chi connectivity index (χ0n) is 68.6. The maximum Gasteiger partial charge on any atom is 0.261 e. The number of methoxy groups -OCH3 is 10. The molecule has 111 heavy (non-hydrogen) atoms. The Hall–Kier alpha value is -8.74. The maximum absolute atomic E-state index is 13.6. The molecule has 0 aliphatic heterocycles. The highest BCUT2D eigenvalue weighted by molar-refractivity contribution is 7.00. The van der Waals surface area contributed by atoms with Crippen LogP contribution >= 0.6 is 0 Å². The minimum absolute atomic E-state index is 0.0321. The summed E-state index contributed by atoms with van der Waals surface area (Å²) in [6.45, 7) is 20.7. The van der Waals surface area contributed by atoms with E-state index in [1.807, 2.05) is 24.3 Å². The van der Waals surface area contributed by atoms with Gasteiger partial charge in [0, 0.05) is 60.8 Å². The number of carbonyl (C=O) groups is 1. The molecule has 0 radical (unpaired) electrons. The Morgan fingerprint density at radius 2 is 0.640 bits per heavy atom. The zero-order chi connectivity index (χ0) is 79.9. The first-order valence-electron chi connectivity index (χ1n) is 38.5. The molecule has 592 valence electrons. The Balaban J connectivity index is 0.000000177. The molecule has 0 fully saturated rings. The Labute approximate surface area is 662 Å². The average Bonchev–Trinajstić information content (AvgIpc) is 1.75. The summed E-state index contributed by atoms with van der Waals surface area (Å²) in [7, 11) is 7.90. The second kappa shape index (κ2) is 37.3. The third-order valence-electron chi connectivity index (χ3n) is 22.1. The van der Waals surface area contributed by atoms with Crippen LogP contribution in [0.25, 0.3) is 0 Å². The first-order chi connectivity index (χ1) is 53.3. The van der Waals surface area contributed by atoms with E-state index in [0.29, 0.717) is 95.8 Å². The predicted octanol–water partition coefficient (Wildman–Crippen LogP) is 15.9. The van der Waals surface area contributed by atoms with Gasteiger partial charge in [0.1, 0.15) is 6.79 Å². The van der Waals surface area contributed by atoms with Crippen molar-refractivity contribution in [2.24, 2.45) is 0 Å². The number of ether oxygens (including phenoxy) is 11. The fourth-order valence-electron chi connectivity index (χ4n) is 17.0. The van der Waals surface area contributed by atoms with Gasteiger partial charge in [0.2, 0.25) is 17.2 Å². The molecule has 12 rings (SSSR count). The summed E-state index contributed by atoms with van der Waals surface area (Å²) >= 11 is 0. The van der Waals surface area contributed by atoms with E-state index in [1.54, 1.807) is 77.2 Å². The highest BCUT2D eigenvalue weighted by Crippen LogP contribution is 2.52. The van der Waals surface area contributed by atoms with Crippen LogP contribution in [0.5, 0.6) is 51.7 Å². The van der Waals surface area contributed by atoms with Crippen LogP contribution in [-0.2, 0) is 42.0 Å². The summed E-state index contributed by atoms with van der Waals surface area (Å²) in [5, 5.41) is 18.4. The lowest BCUT2D eigenvalue weighted by molar-refractivity contribution is -0.0842. The van der Waals surface area contributed by atoms with Crippen molar-refractivity contribution >= 4 is 61.9 Å². The number of hydrogen-bond donors (Lipinski definition) is 1. The van der Waals surface area contributed by atoms with E-state index < -0.39 is 31.1 Å². The Kier molecular flexibility index (Phi) is 28.4. The van der Waals surface area contributed by atoms with Crippen LogP contribution in [0.1, 0.15) is 151 Å². The second-order valence-electron chi connectivity index (χ2n) is 31.6. The number of fused-ring (bicyclic) bond motifs is 3. The second-order valence-corrected chi connectivity index (χ2v) is 44.4. The molecule has 0 amide bonds. The van der Waals surface area contributed by atoms with Gasteiger partial charge in [-0.15, -0.1) is 0 Å². The van der Waals surface area contributed by atoms with Gasteiger partial charge in [0.05, 0.1) is 82.3 Å². The normalized spacial score (nSPS) is 17.4. The highest BCUT2D eigenvalue weighted by atomic mass is 28.4. The molecule has 0 spiro atoms. The van der Waals surface area contributed by atoms with E-state index in [1.165, 1.54) is 31.1 Å². The fraction of sp³-hybridized carbons (Fsp3) is 0.402. The summed E-state index contributed by atoms with van der Waals surface area (Å²) in [6.07, 6.45) is 4.46. The topological polar surface area (TPSA) is 167 Å². The van der Waals surface area contributed by atoms with E-state index in [4.69, 9.17) is 65.4 Å². The SMILES string of the molecule is COCOC1C[C@H](O[Si](c2ccccc2)(c2ccccc2)C(C)(C)C)CCc2c1cc(OC)c(OC)c2OC.COc1cc2c(c(OC)c1OC)CC[C@@H](O[Si](c1ccccc1)(c1ccccc1)C(C)(C)C)CC2=O.COc1cc2c(c(OC)c1OC)CC[C@@H](O[Si](c1ccccc1)(c1ccccc1)C(C)(C)C)CC2O. The number of benzene rings is 9. The van der Waals surface area contributed by atoms with Gasteiger partial charge in [0.25, 0.3) is 25.0 Å². The summed E-state index contributed by atoms with van der Waals surface area (Å²) in [6, 6.07) is 69.6. The van der Waals surface area contributed by atoms with Crippen LogP contribution in [0.4, 0.5) is 0 Å². The number of rotatable bonds is 24. The smallest absolute Gasteiger partial charge is 0.261 e. The van der Waals surface area contributed by atoms with E-state index in [-0.39, 0.29) is 52.1 Å². The number of hydrogen-bond acceptors (Lipinski definition) is 16. The van der Waals surface area contributed by atoms with Crippen molar-refractivity contribution in [2.45, 2.75) is 166 Å². The van der Waals surface area contributed by atoms with Crippen molar-refractivity contribution in [1.82, 2.24) is 0 Å². The molecular formula is C92H116O16Si3. The van der Waals surface area contributed by atoms with Crippen LogP contribution in [0.15, 0.2) is 200 Å². The summed E-state index contributed by atoms with van der Waals surface area (Å²) in [5.74, 6) is 5.22. The Morgan fingerprint density at radius 3 is 0.964 bits per heavy atom. The Morgan fingerprint density at radius 1 is 0.351 bits per heavy atom. The molecule has 0 saturated carbocycles. The molecular weight excluding hydrogens is 1450 g/mol. The zero-order valence-corrected chi connectivity index (χ0v) is 71.6.